The van der Waals surface area contributed by atoms with Crippen LogP contribution in [-0.4, -0.2) is 56.3 Å². The van der Waals surface area contributed by atoms with Crippen molar-refractivity contribution in [3.63, 3.8) is 0 Å². The topological polar surface area (TPSA) is 96.0 Å². The normalized spacial score (nSPS) is 14.9. The van der Waals surface area contributed by atoms with E-state index in [1.54, 1.807) is 0 Å². The minimum atomic E-state index is -7.71. The van der Waals surface area contributed by atoms with E-state index in [4.69, 9.17) is 0 Å². The Hall–Kier alpha value is -3.41. The van der Waals surface area contributed by atoms with E-state index in [9.17, 15) is 61.9 Å². The van der Waals surface area contributed by atoms with Gasteiger partial charge in [0.25, 0.3) is 12.2 Å². The highest BCUT2D eigenvalue weighted by Gasteiger charge is 2.71. The van der Waals surface area contributed by atoms with Gasteiger partial charge in [0.05, 0.1) is 11.1 Å². The summed E-state index contributed by atoms with van der Waals surface area (Å²) in [6, 6.07) is 9.69. The van der Waals surface area contributed by atoms with Crippen molar-refractivity contribution >= 4 is 22.1 Å². The second-order valence-electron chi connectivity index (χ2n) is 7.05. The van der Waals surface area contributed by atoms with Crippen LogP contribution in [-0.2, 0) is 23.8 Å². The lowest BCUT2D eigenvalue weighted by Gasteiger charge is -2.31. The van der Waals surface area contributed by atoms with Crippen molar-refractivity contribution in [1.82, 2.24) is 0 Å². The molecule has 0 radical (unpaired) electrons. The summed E-state index contributed by atoms with van der Waals surface area (Å²) in [4.78, 5) is 23.6. The van der Waals surface area contributed by atoms with Crippen molar-refractivity contribution in [2.75, 3.05) is 0 Å². The Kier molecular flexibility index (Phi) is 8.72. The molecule has 2 aromatic carbocycles. The first-order valence-corrected chi connectivity index (χ1v) is 11.0. The molecule has 2 unspecified atom stereocenters. The maximum atomic E-state index is 14.4. The average Bonchev–Trinajstić information content (AvgIpc) is 2.79. The van der Waals surface area contributed by atoms with Crippen LogP contribution < -0.4 is 0 Å². The molecule has 2 aromatic rings. The van der Waals surface area contributed by atoms with Crippen molar-refractivity contribution in [2.45, 2.75) is 35.9 Å². The highest BCUT2D eigenvalue weighted by molar-refractivity contribution is 7.87. The number of carbonyl (C=O) groups is 2. The van der Waals surface area contributed by atoms with Crippen LogP contribution in [0.25, 0.3) is 0 Å². The average molecular weight is 586 g/mol. The molecule has 0 saturated carbocycles. The molecule has 0 aliphatic heterocycles. The molecule has 0 amide bonds. The zero-order chi connectivity index (χ0) is 29.2. The lowest BCUT2D eigenvalue weighted by Crippen LogP contribution is -2.56. The number of hydrogen-bond donors (Lipinski definition) is 0. The van der Waals surface area contributed by atoms with Crippen LogP contribution >= 0.6 is 0 Å². The van der Waals surface area contributed by atoms with E-state index in [0.29, 0.717) is 0 Å². The molecule has 0 aromatic heterocycles. The number of rotatable bonds is 9. The Bertz CT molecular complexity index is 1230. The van der Waals surface area contributed by atoms with Crippen molar-refractivity contribution in [1.29, 1.82) is 0 Å². The maximum absolute atomic E-state index is 14.4. The molecule has 7 nitrogen and oxygen atoms in total. The fourth-order valence-electron chi connectivity index (χ4n) is 2.53. The van der Waals surface area contributed by atoms with Gasteiger partial charge in [-0.1, -0.05) is 36.4 Å². The largest absolute Gasteiger partial charge is 0.441 e. The Morgan fingerprint density at radius 1 is 0.605 bits per heavy atom. The number of benzene rings is 2. The molecule has 0 heterocycles. The van der Waals surface area contributed by atoms with Gasteiger partial charge in [-0.25, -0.2) is 9.59 Å². The van der Waals surface area contributed by atoms with Crippen LogP contribution in [0.1, 0.15) is 20.7 Å². The van der Waals surface area contributed by atoms with Crippen LogP contribution in [0.5, 0.6) is 0 Å². The van der Waals surface area contributed by atoms with E-state index in [0.717, 1.165) is 48.5 Å². The fraction of sp³-hybridized carbons (Fsp3) is 0.300. The molecule has 18 heteroatoms. The van der Waals surface area contributed by atoms with E-state index in [1.165, 1.54) is 12.1 Å². The third kappa shape index (κ3) is 7.12. The van der Waals surface area contributed by atoms with E-state index in [1.807, 2.05) is 0 Å². The molecule has 38 heavy (non-hydrogen) atoms. The first kappa shape index (κ1) is 30.8. The highest BCUT2D eigenvalue weighted by atomic mass is 32.2. The summed E-state index contributed by atoms with van der Waals surface area (Å²) in [5.74, 6) is -4.34. The third-order valence-corrected chi connectivity index (χ3v) is 5.55. The molecule has 0 fully saturated rings. The maximum Gasteiger partial charge on any atom is 0.434 e. The highest BCUT2D eigenvalue weighted by Crippen LogP contribution is 2.44. The number of alkyl halides is 10. The third-order valence-electron chi connectivity index (χ3n) is 4.23. The van der Waals surface area contributed by atoms with Crippen LogP contribution in [0, 0.1) is 0 Å². The molecule has 0 N–H and O–H groups in total. The van der Waals surface area contributed by atoms with Crippen molar-refractivity contribution in [3.05, 3.63) is 71.8 Å². The van der Waals surface area contributed by atoms with Crippen LogP contribution in [0.3, 0.4) is 0 Å². The van der Waals surface area contributed by atoms with E-state index in [2.05, 4.69) is 13.7 Å². The summed E-state index contributed by atoms with van der Waals surface area (Å²) in [6.45, 7) is 0. The smallest absolute Gasteiger partial charge is 0.434 e. The van der Waals surface area contributed by atoms with Gasteiger partial charge in [0, 0.05) is 0 Å². The Morgan fingerprint density at radius 2 is 0.947 bits per heavy atom. The van der Waals surface area contributed by atoms with Gasteiger partial charge < -0.3 is 9.47 Å². The van der Waals surface area contributed by atoms with Crippen molar-refractivity contribution < 1.29 is 75.6 Å². The van der Waals surface area contributed by atoms with Gasteiger partial charge in [-0.3, -0.25) is 0 Å². The summed E-state index contributed by atoms with van der Waals surface area (Å²) in [6.07, 6.45) is -29.2. The number of ether oxygens (including phenoxy) is 2. The second-order valence-corrected chi connectivity index (χ2v) is 8.67. The van der Waals surface area contributed by atoms with Gasteiger partial charge >= 0.3 is 45.8 Å². The molecule has 2 rings (SSSR count). The minimum Gasteiger partial charge on any atom is -0.441 e. The zero-order valence-electron chi connectivity index (χ0n) is 18.0. The first-order chi connectivity index (χ1) is 17.2. The van der Waals surface area contributed by atoms with Gasteiger partial charge in [-0.2, -0.15) is 56.5 Å². The first-order valence-electron chi connectivity index (χ1n) is 9.56. The van der Waals surface area contributed by atoms with Crippen molar-refractivity contribution in [3.8, 4) is 0 Å². The summed E-state index contributed by atoms with van der Waals surface area (Å²) in [5.41, 5.74) is -1.60. The Morgan fingerprint density at radius 3 is 1.29 bits per heavy atom. The number of carbonyl (C=O) groups excluding carboxylic acids is 2. The van der Waals surface area contributed by atoms with Gasteiger partial charge in [0.1, 0.15) is 0 Å². The number of halogens is 10. The van der Waals surface area contributed by atoms with Crippen molar-refractivity contribution in [2.24, 2.45) is 0 Å². The molecule has 2 atom stereocenters. The fourth-order valence-corrected chi connectivity index (χ4v) is 3.46. The van der Waals surface area contributed by atoms with Gasteiger partial charge in [-0.15, -0.1) is 0 Å². The SMILES string of the molecule is O=C(OC(C(F)(F)F)C(F)(F)OS(=O)(=O)C(F)(F)C(OC(=O)c1ccccc1)C(F)(F)F)c1ccccc1. The Labute approximate surface area is 206 Å². The van der Waals surface area contributed by atoms with E-state index in [-0.39, 0.29) is 0 Å². The van der Waals surface area contributed by atoms with Gasteiger partial charge in [0.2, 0.25) is 0 Å². The number of hydrogen-bond acceptors (Lipinski definition) is 7. The summed E-state index contributed by atoms with van der Waals surface area (Å²) < 4.78 is 170. The molecular weight excluding hydrogens is 574 g/mol. The molecule has 0 spiro atoms. The Balaban J connectivity index is 2.41. The predicted octanol–water partition coefficient (Wildman–Crippen LogP) is 5.09. The standard InChI is InChI=1S/C20H12F10O7S/c21-17(22,23)15(35-13(31)11-7-3-1-4-8-11)19(27,28)37-38(33,34)20(29,30)16(18(24,25)26)36-14(32)12-9-5-2-6-10-12/h1-10,15-16H. The van der Waals surface area contributed by atoms with E-state index < -0.39 is 69.1 Å². The molecular formula is C20H12F10O7S. The lowest BCUT2D eigenvalue weighted by atomic mass is 10.2. The number of esters is 2. The monoisotopic (exact) mass is 586 g/mol. The minimum absolute atomic E-state index is 0.752. The summed E-state index contributed by atoms with van der Waals surface area (Å²) in [7, 11) is -7.71. The predicted molar refractivity (Wildman–Crippen MR) is 103 cm³/mol. The molecule has 0 aliphatic rings. The molecule has 210 valence electrons. The van der Waals surface area contributed by atoms with Crippen LogP contribution in [0.2, 0.25) is 0 Å². The zero-order valence-corrected chi connectivity index (χ0v) is 18.8. The molecule has 0 saturated heterocycles. The molecule has 0 aliphatic carbocycles. The van der Waals surface area contributed by atoms with Gasteiger partial charge in [0.15, 0.2) is 0 Å². The van der Waals surface area contributed by atoms with Crippen LogP contribution in [0.4, 0.5) is 43.9 Å². The van der Waals surface area contributed by atoms with Crippen LogP contribution in [0.15, 0.2) is 60.7 Å². The summed E-state index contributed by atoms with van der Waals surface area (Å²) in [5, 5.41) is -6.63. The second kappa shape index (κ2) is 10.8. The molecule has 0 bridgehead atoms. The van der Waals surface area contributed by atoms with E-state index >= 15 is 0 Å². The summed E-state index contributed by atoms with van der Waals surface area (Å²) >= 11 is 0. The quantitative estimate of drug-likeness (QED) is 0.229. The van der Waals surface area contributed by atoms with Gasteiger partial charge in [-0.05, 0) is 24.3 Å². The lowest BCUT2D eigenvalue weighted by molar-refractivity contribution is -0.326.